The predicted molar refractivity (Wildman–Crippen MR) is 99.0 cm³/mol. The third-order valence-corrected chi connectivity index (χ3v) is 5.06. The van der Waals surface area contributed by atoms with Gasteiger partial charge in [0.25, 0.3) is 0 Å². The number of fused-ring (bicyclic) bond motifs is 1. The average Bonchev–Trinajstić information content (AvgIpc) is 3.16. The van der Waals surface area contributed by atoms with E-state index in [1.807, 2.05) is 24.3 Å². The van der Waals surface area contributed by atoms with Crippen LogP contribution < -0.4 is 15.8 Å². The van der Waals surface area contributed by atoms with Gasteiger partial charge in [-0.25, -0.2) is 4.98 Å². The molecule has 2 aliphatic heterocycles. The fourth-order valence-corrected chi connectivity index (χ4v) is 3.51. The number of amides is 1. The lowest BCUT2D eigenvalue weighted by Crippen LogP contribution is -2.44. The number of aromatic nitrogens is 1. The Hall–Kier alpha value is -2.44. The number of pyridine rings is 1. The number of benzene rings is 1. The van der Waals surface area contributed by atoms with Crippen molar-refractivity contribution in [3.05, 3.63) is 42.0 Å². The zero-order valence-electron chi connectivity index (χ0n) is 14.6. The van der Waals surface area contributed by atoms with Crippen LogP contribution in [0.4, 0.5) is 5.82 Å². The number of anilines is 1. The van der Waals surface area contributed by atoms with Gasteiger partial charge in [-0.3, -0.25) is 4.79 Å². The predicted octanol–water partition coefficient (Wildman–Crippen LogP) is 2.38. The SMILES string of the molecule is NC(C(=O)Nc1cccc(-c2ccc3c(c2)CCO3)n1)C1CCOCC1. The van der Waals surface area contributed by atoms with Crippen LogP contribution in [0.25, 0.3) is 11.3 Å². The van der Waals surface area contributed by atoms with Gasteiger partial charge in [0.15, 0.2) is 0 Å². The molecule has 0 bridgehead atoms. The Labute approximate surface area is 152 Å². The van der Waals surface area contributed by atoms with Gasteiger partial charge in [-0.2, -0.15) is 0 Å². The molecule has 1 amide bonds. The molecule has 26 heavy (non-hydrogen) atoms. The van der Waals surface area contributed by atoms with Crippen LogP contribution in [0.2, 0.25) is 0 Å². The van der Waals surface area contributed by atoms with Crippen LogP contribution in [0, 0.1) is 5.92 Å². The molecule has 0 aliphatic carbocycles. The van der Waals surface area contributed by atoms with Gasteiger partial charge in [0, 0.05) is 25.2 Å². The Morgan fingerprint density at radius 1 is 1.19 bits per heavy atom. The molecule has 3 N–H and O–H groups in total. The number of nitrogens with zero attached hydrogens (tertiary/aromatic N) is 1. The van der Waals surface area contributed by atoms with E-state index in [-0.39, 0.29) is 11.8 Å². The number of rotatable bonds is 4. The summed E-state index contributed by atoms with van der Waals surface area (Å²) in [5, 5.41) is 2.86. The lowest BCUT2D eigenvalue weighted by molar-refractivity contribution is -0.119. The van der Waals surface area contributed by atoms with Gasteiger partial charge in [-0.1, -0.05) is 6.07 Å². The van der Waals surface area contributed by atoms with E-state index in [0.29, 0.717) is 19.0 Å². The Morgan fingerprint density at radius 3 is 2.88 bits per heavy atom. The third kappa shape index (κ3) is 3.57. The van der Waals surface area contributed by atoms with E-state index < -0.39 is 6.04 Å². The van der Waals surface area contributed by atoms with Crippen molar-refractivity contribution in [3.8, 4) is 17.0 Å². The highest BCUT2D eigenvalue weighted by molar-refractivity contribution is 5.94. The van der Waals surface area contributed by atoms with Crippen LogP contribution in [0.1, 0.15) is 18.4 Å². The molecule has 0 spiro atoms. The summed E-state index contributed by atoms with van der Waals surface area (Å²) in [7, 11) is 0. The molecule has 1 unspecified atom stereocenters. The standard InChI is InChI=1S/C20H23N3O3/c21-19(13-6-9-25-10-7-13)20(24)23-18-3-1-2-16(22-18)14-4-5-17-15(12-14)8-11-26-17/h1-5,12-13,19H,6-11,21H2,(H,22,23,24). The first-order valence-electron chi connectivity index (χ1n) is 9.08. The molecule has 2 aliphatic rings. The van der Waals surface area contributed by atoms with Crippen molar-refractivity contribution in [2.75, 3.05) is 25.1 Å². The fourth-order valence-electron chi connectivity index (χ4n) is 3.51. The first-order valence-corrected chi connectivity index (χ1v) is 9.08. The van der Waals surface area contributed by atoms with E-state index in [0.717, 1.165) is 42.9 Å². The van der Waals surface area contributed by atoms with Gasteiger partial charge in [0.2, 0.25) is 5.91 Å². The quantitative estimate of drug-likeness (QED) is 0.881. The van der Waals surface area contributed by atoms with Crippen LogP contribution in [0.3, 0.4) is 0 Å². The summed E-state index contributed by atoms with van der Waals surface area (Å²) >= 11 is 0. The summed E-state index contributed by atoms with van der Waals surface area (Å²) in [6, 6.07) is 11.1. The maximum absolute atomic E-state index is 12.5. The number of carbonyl (C=O) groups excluding carboxylic acids is 1. The summed E-state index contributed by atoms with van der Waals surface area (Å²) in [6.07, 6.45) is 2.55. The summed E-state index contributed by atoms with van der Waals surface area (Å²) in [5.41, 5.74) is 9.17. The Bertz CT molecular complexity index is 803. The summed E-state index contributed by atoms with van der Waals surface area (Å²) in [4.78, 5) is 17.1. The van der Waals surface area contributed by atoms with Gasteiger partial charge < -0.3 is 20.5 Å². The van der Waals surface area contributed by atoms with Crippen molar-refractivity contribution in [3.63, 3.8) is 0 Å². The monoisotopic (exact) mass is 353 g/mol. The zero-order chi connectivity index (χ0) is 17.9. The lowest BCUT2D eigenvalue weighted by atomic mass is 9.92. The second kappa shape index (κ2) is 7.43. The molecule has 3 heterocycles. The molecular weight excluding hydrogens is 330 g/mol. The minimum Gasteiger partial charge on any atom is -0.493 e. The van der Waals surface area contributed by atoms with Crippen LogP contribution in [-0.4, -0.2) is 36.8 Å². The van der Waals surface area contributed by atoms with Crippen molar-refractivity contribution in [1.29, 1.82) is 0 Å². The van der Waals surface area contributed by atoms with E-state index in [2.05, 4.69) is 16.4 Å². The van der Waals surface area contributed by atoms with Crippen molar-refractivity contribution < 1.29 is 14.3 Å². The molecule has 1 fully saturated rings. The van der Waals surface area contributed by atoms with Gasteiger partial charge in [0.1, 0.15) is 11.6 Å². The number of nitrogens with two attached hydrogens (primary N) is 1. The number of nitrogens with one attached hydrogen (secondary N) is 1. The topological polar surface area (TPSA) is 86.5 Å². The van der Waals surface area contributed by atoms with Crippen LogP contribution in [0.5, 0.6) is 5.75 Å². The molecule has 2 aromatic rings. The zero-order valence-corrected chi connectivity index (χ0v) is 14.6. The minimum absolute atomic E-state index is 0.156. The molecule has 1 saturated heterocycles. The molecule has 1 aromatic carbocycles. The number of ether oxygens (including phenoxy) is 2. The number of hydrogen-bond donors (Lipinski definition) is 2. The molecule has 0 saturated carbocycles. The smallest absolute Gasteiger partial charge is 0.242 e. The van der Waals surface area contributed by atoms with E-state index >= 15 is 0 Å². The highest BCUT2D eigenvalue weighted by Crippen LogP contribution is 2.30. The van der Waals surface area contributed by atoms with Crippen molar-refractivity contribution >= 4 is 11.7 Å². The molecule has 0 radical (unpaired) electrons. The van der Waals surface area contributed by atoms with Crippen molar-refractivity contribution in [2.45, 2.75) is 25.3 Å². The summed E-state index contributed by atoms with van der Waals surface area (Å²) < 4.78 is 10.9. The largest absolute Gasteiger partial charge is 0.493 e. The summed E-state index contributed by atoms with van der Waals surface area (Å²) in [5.74, 6) is 1.43. The first kappa shape index (κ1) is 17.0. The normalized spacial score (nSPS) is 18.0. The second-order valence-electron chi connectivity index (χ2n) is 6.79. The molecular formula is C20H23N3O3. The first-order chi connectivity index (χ1) is 12.7. The number of carbonyl (C=O) groups is 1. The van der Waals surface area contributed by atoms with Crippen LogP contribution in [-0.2, 0) is 16.0 Å². The highest BCUT2D eigenvalue weighted by Gasteiger charge is 2.26. The third-order valence-electron chi connectivity index (χ3n) is 5.06. The van der Waals surface area contributed by atoms with E-state index in [1.165, 1.54) is 5.56 Å². The van der Waals surface area contributed by atoms with Crippen LogP contribution in [0.15, 0.2) is 36.4 Å². The lowest BCUT2D eigenvalue weighted by Gasteiger charge is -2.26. The average molecular weight is 353 g/mol. The highest BCUT2D eigenvalue weighted by atomic mass is 16.5. The maximum atomic E-state index is 12.5. The summed E-state index contributed by atoms with van der Waals surface area (Å²) in [6.45, 7) is 2.06. The molecule has 6 heteroatoms. The van der Waals surface area contributed by atoms with Crippen molar-refractivity contribution in [1.82, 2.24) is 4.98 Å². The minimum atomic E-state index is -0.540. The molecule has 6 nitrogen and oxygen atoms in total. The van der Waals surface area contributed by atoms with Gasteiger partial charge >= 0.3 is 0 Å². The molecule has 1 atom stereocenters. The molecule has 136 valence electrons. The van der Waals surface area contributed by atoms with Crippen molar-refractivity contribution in [2.24, 2.45) is 11.7 Å². The molecule has 1 aromatic heterocycles. The Balaban J connectivity index is 1.48. The second-order valence-corrected chi connectivity index (χ2v) is 6.79. The van der Waals surface area contributed by atoms with Gasteiger partial charge in [0.05, 0.1) is 18.3 Å². The maximum Gasteiger partial charge on any atom is 0.242 e. The Kier molecular flexibility index (Phi) is 4.86. The van der Waals surface area contributed by atoms with E-state index in [1.54, 1.807) is 6.07 Å². The van der Waals surface area contributed by atoms with E-state index in [9.17, 15) is 4.79 Å². The van der Waals surface area contributed by atoms with Gasteiger partial charge in [-0.05, 0) is 54.7 Å². The van der Waals surface area contributed by atoms with E-state index in [4.69, 9.17) is 15.2 Å². The number of hydrogen-bond acceptors (Lipinski definition) is 5. The molecule has 4 rings (SSSR count). The Morgan fingerprint density at radius 2 is 2.04 bits per heavy atom. The van der Waals surface area contributed by atoms with Gasteiger partial charge in [-0.15, -0.1) is 0 Å². The van der Waals surface area contributed by atoms with Crippen LogP contribution >= 0.6 is 0 Å². The fraction of sp³-hybridized carbons (Fsp3) is 0.400.